The highest BCUT2D eigenvalue weighted by atomic mass is 16.6. The lowest BCUT2D eigenvalue weighted by atomic mass is 10.0. The Morgan fingerprint density at radius 1 is 0.266 bits per heavy atom. The lowest BCUT2D eigenvalue weighted by molar-refractivity contribution is -0.167. The number of carbonyl (C=O) groups is 3. The van der Waals surface area contributed by atoms with Gasteiger partial charge in [-0.2, -0.15) is 0 Å². The molecule has 0 aliphatic carbocycles. The van der Waals surface area contributed by atoms with Crippen molar-refractivity contribution in [1.82, 2.24) is 0 Å². The molecule has 0 bridgehead atoms. The third kappa shape index (κ3) is 65.3. The van der Waals surface area contributed by atoms with E-state index in [1.165, 1.54) is 199 Å². The fourth-order valence-electron chi connectivity index (χ4n) is 9.76. The van der Waals surface area contributed by atoms with Crippen molar-refractivity contribution in [3.63, 3.8) is 0 Å². The highest BCUT2D eigenvalue weighted by Crippen LogP contribution is 2.17. The molecule has 456 valence electrons. The molecule has 79 heavy (non-hydrogen) atoms. The number of esters is 3. The minimum atomic E-state index is -0.799. The molecular weight excluding hydrogens is 973 g/mol. The highest BCUT2D eigenvalue weighted by molar-refractivity contribution is 5.71. The molecule has 0 spiro atoms. The Morgan fingerprint density at radius 3 is 0.797 bits per heavy atom. The molecule has 6 heteroatoms. The summed E-state index contributed by atoms with van der Waals surface area (Å²) in [5.74, 6) is -0.917. The topological polar surface area (TPSA) is 78.9 Å². The molecule has 0 saturated heterocycles. The first-order valence-electron chi connectivity index (χ1n) is 34.1. The van der Waals surface area contributed by atoms with Crippen LogP contribution in [0.5, 0.6) is 0 Å². The third-order valence-corrected chi connectivity index (χ3v) is 14.9. The Balaban J connectivity index is 4.33. The standard InChI is InChI=1S/C73H128O6/c1-4-7-10-13-16-19-22-25-28-30-32-33-34-35-36-37-38-39-41-42-45-48-51-54-57-60-63-66-72(75)78-69-70(68-77-71(74)65-62-59-56-53-50-47-44-27-24-21-18-15-12-9-6-3)79-73(76)67-64-61-58-55-52-49-46-43-40-31-29-26-23-20-17-14-11-8-5-2/h8,11,17,20,26-27,29-30,32,40,43-44,49,52,70H,4-7,9-10,12-16,18-19,21-25,28,31,33-39,41-42,45-48,50-51,53-69H2,1-3H3/b11-8-,20-17-,29-26-,32-30-,43-40-,44-27-,52-49-. The van der Waals surface area contributed by atoms with E-state index < -0.39 is 6.10 Å². The van der Waals surface area contributed by atoms with Crippen LogP contribution in [0, 0.1) is 0 Å². The summed E-state index contributed by atoms with van der Waals surface area (Å²) >= 11 is 0. The molecule has 0 aliphatic rings. The van der Waals surface area contributed by atoms with Gasteiger partial charge in [-0.25, -0.2) is 0 Å². The molecule has 1 unspecified atom stereocenters. The van der Waals surface area contributed by atoms with Gasteiger partial charge < -0.3 is 14.2 Å². The summed E-state index contributed by atoms with van der Waals surface area (Å²) < 4.78 is 16.9. The van der Waals surface area contributed by atoms with E-state index >= 15 is 0 Å². The average Bonchev–Trinajstić information content (AvgIpc) is 3.45. The zero-order valence-electron chi connectivity index (χ0n) is 52.4. The minimum Gasteiger partial charge on any atom is -0.462 e. The van der Waals surface area contributed by atoms with Crippen LogP contribution in [-0.4, -0.2) is 37.2 Å². The van der Waals surface area contributed by atoms with Crippen molar-refractivity contribution >= 4 is 17.9 Å². The van der Waals surface area contributed by atoms with Gasteiger partial charge in [0.25, 0.3) is 0 Å². The van der Waals surface area contributed by atoms with Gasteiger partial charge in [-0.1, -0.05) is 292 Å². The van der Waals surface area contributed by atoms with Crippen molar-refractivity contribution in [1.29, 1.82) is 0 Å². The first-order chi connectivity index (χ1) is 39.0. The largest absolute Gasteiger partial charge is 0.462 e. The first-order valence-corrected chi connectivity index (χ1v) is 34.1. The number of allylic oxidation sites excluding steroid dienone is 14. The maximum Gasteiger partial charge on any atom is 0.306 e. The maximum absolute atomic E-state index is 12.9. The number of hydrogen-bond acceptors (Lipinski definition) is 6. The molecule has 0 rings (SSSR count). The fraction of sp³-hybridized carbons (Fsp3) is 0.767. The Bertz CT molecular complexity index is 1500. The molecule has 0 saturated carbocycles. The summed E-state index contributed by atoms with van der Waals surface area (Å²) in [7, 11) is 0. The summed E-state index contributed by atoms with van der Waals surface area (Å²) in [4.78, 5) is 38.4. The van der Waals surface area contributed by atoms with Gasteiger partial charge >= 0.3 is 17.9 Å². The predicted molar refractivity (Wildman–Crippen MR) is 344 cm³/mol. The lowest BCUT2D eigenvalue weighted by Crippen LogP contribution is -2.30. The molecular formula is C73H128O6. The quantitative estimate of drug-likeness (QED) is 0.0261. The van der Waals surface area contributed by atoms with E-state index in [2.05, 4.69) is 106 Å². The van der Waals surface area contributed by atoms with Gasteiger partial charge in [-0.3, -0.25) is 14.4 Å². The molecule has 0 amide bonds. The molecule has 0 aromatic carbocycles. The Hall–Kier alpha value is -3.41. The Kier molecular flexibility index (Phi) is 64.2. The Labute approximate surface area is 490 Å². The number of carbonyl (C=O) groups excluding carboxylic acids is 3. The van der Waals surface area contributed by atoms with E-state index in [1.54, 1.807) is 0 Å². The summed E-state index contributed by atoms with van der Waals surface area (Å²) in [5, 5.41) is 0. The second kappa shape index (κ2) is 67.1. The van der Waals surface area contributed by atoms with Gasteiger partial charge in [0.1, 0.15) is 13.2 Å². The van der Waals surface area contributed by atoms with Crippen molar-refractivity contribution in [3.05, 3.63) is 85.1 Å². The molecule has 0 fully saturated rings. The smallest absolute Gasteiger partial charge is 0.306 e. The zero-order chi connectivity index (χ0) is 57.1. The van der Waals surface area contributed by atoms with Crippen LogP contribution in [0.25, 0.3) is 0 Å². The molecule has 0 aromatic heterocycles. The van der Waals surface area contributed by atoms with Crippen LogP contribution < -0.4 is 0 Å². The minimum absolute atomic E-state index is 0.0906. The van der Waals surface area contributed by atoms with E-state index in [0.717, 1.165) is 103 Å². The summed E-state index contributed by atoms with van der Waals surface area (Å²) in [6.07, 6.45) is 88.9. The van der Waals surface area contributed by atoms with Crippen molar-refractivity contribution in [2.45, 2.75) is 348 Å². The molecule has 0 aliphatic heterocycles. The van der Waals surface area contributed by atoms with E-state index in [-0.39, 0.29) is 37.5 Å². The van der Waals surface area contributed by atoms with Crippen LogP contribution in [0.2, 0.25) is 0 Å². The van der Waals surface area contributed by atoms with E-state index in [4.69, 9.17) is 14.2 Å². The summed E-state index contributed by atoms with van der Waals surface area (Å²) in [6, 6.07) is 0. The third-order valence-electron chi connectivity index (χ3n) is 14.9. The van der Waals surface area contributed by atoms with Crippen molar-refractivity contribution in [2.75, 3.05) is 13.2 Å². The fourth-order valence-corrected chi connectivity index (χ4v) is 9.76. The van der Waals surface area contributed by atoms with Crippen LogP contribution in [0.3, 0.4) is 0 Å². The molecule has 0 heterocycles. The van der Waals surface area contributed by atoms with Crippen LogP contribution in [0.15, 0.2) is 85.1 Å². The second-order valence-electron chi connectivity index (χ2n) is 22.7. The number of unbranched alkanes of at least 4 members (excludes halogenated alkanes) is 37. The van der Waals surface area contributed by atoms with Gasteiger partial charge in [0.05, 0.1) is 0 Å². The summed E-state index contributed by atoms with van der Waals surface area (Å²) in [6.45, 7) is 6.53. The van der Waals surface area contributed by atoms with E-state index in [9.17, 15) is 14.4 Å². The van der Waals surface area contributed by atoms with Gasteiger partial charge in [0.15, 0.2) is 6.10 Å². The van der Waals surface area contributed by atoms with Crippen molar-refractivity contribution < 1.29 is 28.6 Å². The Morgan fingerprint density at radius 2 is 0.494 bits per heavy atom. The molecule has 1 atom stereocenters. The van der Waals surface area contributed by atoms with E-state index in [0.29, 0.717) is 12.8 Å². The SMILES string of the molecule is CC/C=C\C/C=C\C/C=C\C/C=C\C/C=C\CCCCCC(=O)OC(COC(=O)CCCCCCC/C=C\CCCCCCCC)COC(=O)CCCCCCCCCCCCCCCCC/C=C\CCCCCCCCCC. The summed E-state index contributed by atoms with van der Waals surface area (Å²) in [5.41, 5.74) is 0. The highest BCUT2D eigenvalue weighted by Gasteiger charge is 2.19. The van der Waals surface area contributed by atoms with Gasteiger partial charge in [0, 0.05) is 19.3 Å². The normalized spacial score (nSPS) is 12.6. The lowest BCUT2D eigenvalue weighted by Gasteiger charge is -2.18. The number of ether oxygens (including phenoxy) is 3. The van der Waals surface area contributed by atoms with Crippen LogP contribution in [0.1, 0.15) is 342 Å². The monoisotopic (exact) mass is 1100 g/mol. The predicted octanol–water partition coefficient (Wildman–Crippen LogP) is 23.4. The van der Waals surface area contributed by atoms with Crippen molar-refractivity contribution in [2.24, 2.45) is 0 Å². The van der Waals surface area contributed by atoms with E-state index in [1.807, 2.05) is 0 Å². The van der Waals surface area contributed by atoms with Crippen LogP contribution in [-0.2, 0) is 28.6 Å². The second-order valence-corrected chi connectivity index (χ2v) is 22.7. The van der Waals surface area contributed by atoms with Gasteiger partial charge in [-0.05, 0) is 116 Å². The molecule has 0 N–H and O–H groups in total. The molecule has 0 aromatic rings. The van der Waals surface area contributed by atoms with Crippen LogP contribution >= 0.6 is 0 Å². The zero-order valence-corrected chi connectivity index (χ0v) is 52.4. The average molecular weight is 1100 g/mol. The molecule has 6 nitrogen and oxygen atoms in total. The van der Waals surface area contributed by atoms with Gasteiger partial charge in [-0.15, -0.1) is 0 Å². The van der Waals surface area contributed by atoms with Crippen molar-refractivity contribution in [3.8, 4) is 0 Å². The first kappa shape index (κ1) is 75.6. The number of hydrogen-bond donors (Lipinski definition) is 0. The number of rotatable bonds is 62. The van der Waals surface area contributed by atoms with Gasteiger partial charge in [0.2, 0.25) is 0 Å². The van der Waals surface area contributed by atoms with Crippen LogP contribution in [0.4, 0.5) is 0 Å². The molecule has 0 radical (unpaired) electrons. The maximum atomic E-state index is 12.9.